The van der Waals surface area contributed by atoms with E-state index in [4.69, 9.17) is 0 Å². The summed E-state index contributed by atoms with van der Waals surface area (Å²) in [5, 5.41) is 13.4. The first kappa shape index (κ1) is 13.3. The molecule has 90 valence electrons. The molecule has 1 aliphatic rings. The third kappa shape index (κ3) is 5.76. The van der Waals surface area contributed by atoms with Gasteiger partial charge >= 0.3 is 0 Å². The lowest BCUT2D eigenvalue weighted by Crippen LogP contribution is -2.46. The number of aliphatic hydroxyl groups is 1. The van der Waals surface area contributed by atoms with Gasteiger partial charge in [-0.1, -0.05) is 0 Å². The average molecular weight is 232 g/mol. The molecule has 0 aliphatic carbocycles. The SMILES string of the molecule is CN(C)CC(C)(O)CNCC1CCSC1. The monoisotopic (exact) mass is 232 g/mol. The fourth-order valence-corrected chi connectivity index (χ4v) is 3.31. The van der Waals surface area contributed by atoms with E-state index in [1.54, 1.807) is 0 Å². The van der Waals surface area contributed by atoms with Gasteiger partial charge in [-0.2, -0.15) is 11.8 Å². The zero-order valence-corrected chi connectivity index (χ0v) is 10.9. The molecular weight excluding hydrogens is 208 g/mol. The third-order valence-corrected chi connectivity index (χ3v) is 3.85. The maximum absolute atomic E-state index is 10.0. The highest BCUT2D eigenvalue weighted by Crippen LogP contribution is 2.22. The summed E-state index contributed by atoms with van der Waals surface area (Å²) in [5.74, 6) is 3.40. The van der Waals surface area contributed by atoms with Gasteiger partial charge in [-0.05, 0) is 51.4 Å². The third-order valence-electron chi connectivity index (χ3n) is 2.62. The smallest absolute Gasteiger partial charge is 0.0869 e. The van der Waals surface area contributed by atoms with E-state index in [1.165, 1.54) is 17.9 Å². The summed E-state index contributed by atoms with van der Waals surface area (Å²) in [4.78, 5) is 2.02. The molecule has 0 saturated carbocycles. The number of hydrogen-bond donors (Lipinski definition) is 2. The van der Waals surface area contributed by atoms with Gasteiger partial charge in [0.2, 0.25) is 0 Å². The Balaban J connectivity index is 2.11. The molecule has 0 spiro atoms. The minimum atomic E-state index is -0.616. The average Bonchev–Trinajstić information content (AvgIpc) is 2.53. The molecule has 0 aromatic rings. The number of likely N-dealkylation sites (N-methyl/N-ethyl adjacent to an activating group) is 1. The van der Waals surface area contributed by atoms with E-state index in [-0.39, 0.29) is 0 Å². The molecule has 0 aromatic heterocycles. The highest BCUT2D eigenvalue weighted by atomic mass is 32.2. The molecule has 1 fully saturated rings. The summed E-state index contributed by atoms with van der Waals surface area (Å²) >= 11 is 2.04. The predicted octanol–water partition coefficient (Wildman–Crippen LogP) is 0.642. The van der Waals surface area contributed by atoms with E-state index >= 15 is 0 Å². The van der Waals surface area contributed by atoms with Crippen molar-refractivity contribution in [3.63, 3.8) is 0 Å². The van der Waals surface area contributed by atoms with Gasteiger partial charge in [0.1, 0.15) is 0 Å². The highest BCUT2D eigenvalue weighted by Gasteiger charge is 2.22. The van der Waals surface area contributed by atoms with E-state index in [1.807, 2.05) is 37.7 Å². The second kappa shape index (κ2) is 6.09. The van der Waals surface area contributed by atoms with Crippen LogP contribution in [0.15, 0.2) is 0 Å². The van der Waals surface area contributed by atoms with Gasteiger partial charge in [-0.3, -0.25) is 0 Å². The van der Waals surface area contributed by atoms with Crippen LogP contribution < -0.4 is 5.32 Å². The topological polar surface area (TPSA) is 35.5 Å². The van der Waals surface area contributed by atoms with Crippen LogP contribution in [0, 0.1) is 5.92 Å². The minimum absolute atomic E-state index is 0.616. The van der Waals surface area contributed by atoms with Crippen LogP contribution in [0.25, 0.3) is 0 Å². The molecule has 2 unspecified atom stereocenters. The first-order valence-corrected chi connectivity index (χ1v) is 6.81. The van der Waals surface area contributed by atoms with Crippen molar-refractivity contribution in [3.05, 3.63) is 0 Å². The normalized spacial score (nSPS) is 25.8. The van der Waals surface area contributed by atoms with E-state index in [0.29, 0.717) is 13.1 Å². The van der Waals surface area contributed by atoms with Crippen LogP contribution in [0.2, 0.25) is 0 Å². The summed E-state index contributed by atoms with van der Waals surface area (Å²) < 4.78 is 0. The maximum atomic E-state index is 10.0. The fourth-order valence-electron chi connectivity index (χ4n) is 2.03. The summed E-state index contributed by atoms with van der Waals surface area (Å²) in [7, 11) is 3.98. The zero-order chi connectivity index (χ0) is 11.3. The van der Waals surface area contributed by atoms with Crippen LogP contribution >= 0.6 is 11.8 Å². The maximum Gasteiger partial charge on any atom is 0.0869 e. The van der Waals surface area contributed by atoms with Gasteiger partial charge < -0.3 is 15.3 Å². The van der Waals surface area contributed by atoms with Gasteiger partial charge in [0.15, 0.2) is 0 Å². The Morgan fingerprint density at radius 3 is 2.80 bits per heavy atom. The largest absolute Gasteiger partial charge is 0.388 e. The van der Waals surface area contributed by atoms with Crippen LogP contribution in [0.3, 0.4) is 0 Å². The zero-order valence-electron chi connectivity index (χ0n) is 10.1. The van der Waals surface area contributed by atoms with Crippen molar-refractivity contribution in [3.8, 4) is 0 Å². The summed E-state index contributed by atoms with van der Waals surface area (Å²) in [6.45, 7) is 4.34. The standard InChI is InChI=1S/C11H24N2OS/c1-11(14,9-13(2)3)8-12-6-10-4-5-15-7-10/h10,12,14H,4-9H2,1-3H3. The Morgan fingerprint density at radius 2 is 2.27 bits per heavy atom. The van der Waals surface area contributed by atoms with Crippen molar-refractivity contribution in [1.29, 1.82) is 0 Å². The summed E-state index contributed by atoms with van der Waals surface area (Å²) in [6.07, 6.45) is 1.33. The van der Waals surface area contributed by atoms with Crippen LogP contribution in [0.4, 0.5) is 0 Å². The molecule has 2 N–H and O–H groups in total. The van der Waals surface area contributed by atoms with Crippen LogP contribution in [-0.2, 0) is 0 Å². The molecule has 0 radical (unpaired) electrons. The molecule has 1 heterocycles. The fraction of sp³-hybridized carbons (Fsp3) is 1.00. The minimum Gasteiger partial charge on any atom is -0.388 e. The Bertz CT molecular complexity index is 179. The molecule has 3 nitrogen and oxygen atoms in total. The molecule has 0 aromatic carbocycles. The molecule has 15 heavy (non-hydrogen) atoms. The van der Waals surface area contributed by atoms with Crippen LogP contribution in [0.5, 0.6) is 0 Å². The van der Waals surface area contributed by atoms with Gasteiger partial charge in [-0.15, -0.1) is 0 Å². The predicted molar refractivity (Wildman–Crippen MR) is 67.5 cm³/mol. The molecule has 2 atom stereocenters. The Labute approximate surface area is 97.6 Å². The van der Waals surface area contributed by atoms with Gasteiger partial charge in [-0.25, -0.2) is 0 Å². The van der Waals surface area contributed by atoms with Crippen LogP contribution in [0.1, 0.15) is 13.3 Å². The molecule has 1 rings (SSSR count). The van der Waals surface area contributed by atoms with E-state index < -0.39 is 5.60 Å². The van der Waals surface area contributed by atoms with Crippen molar-refractivity contribution in [2.24, 2.45) is 5.92 Å². The highest BCUT2D eigenvalue weighted by molar-refractivity contribution is 7.99. The van der Waals surface area contributed by atoms with E-state index in [9.17, 15) is 5.11 Å². The number of thioether (sulfide) groups is 1. The molecule has 0 amide bonds. The Morgan fingerprint density at radius 1 is 1.53 bits per heavy atom. The summed E-state index contributed by atoms with van der Waals surface area (Å²) in [5.41, 5.74) is -0.616. The van der Waals surface area contributed by atoms with Gasteiger partial charge in [0.25, 0.3) is 0 Å². The van der Waals surface area contributed by atoms with Crippen molar-refractivity contribution in [2.75, 3.05) is 45.2 Å². The number of nitrogens with one attached hydrogen (secondary N) is 1. The van der Waals surface area contributed by atoms with Crippen molar-refractivity contribution < 1.29 is 5.11 Å². The molecular formula is C11H24N2OS. The van der Waals surface area contributed by atoms with E-state index in [0.717, 1.165) is 12.5 Å². The first-order valence-electron chi connectivity index (χ1n) is 5.65. The number of hydrogen-bond acceptors (Lipinski definition) is 4. The lowest BCUT2D eigenvalue weighted by molar-refractivity contribution is 0.0333. The quantitative estimate of drug-likeness (QED) is 0.704. The van der Waals surface area contributed by atoms with Crippen LogP contribution in [-0.4, -0.2) is 60.8 Å². The lowest BCUT2D eigenvalue weighted by atomic mass is 10.1. The first-order chi connectivity index (χ1) is 6.99. The molecule has 1 saturated heterocycles. The van der Waals surface area contributed by atoms with Crippen molar-refractivity contribution in [2.45, 2.75) is 18.9 Å². The number of rotatable bonds is 6. The van der Waals surface area contributed by atoms with Crippen molar-refractivity contribution in [1.82, 2.24) is 10.2 Å². The molecule has 0 bridgehead atoms. The molecule has 4 heteroatoms. The summed E-state index contributed by atoms with van der Waals surface area (Å²) in [6, 6.07) is 0. The lowest BCUT2D eigenvalue weighted by Gasteiger charge is -2.27. The number of nitrogens with zero attached hydrogens (tertiary/aromatic N) is 1. The van der Waals surface area contributed by atoms with E-state index in [2.05, 4.69) is 5.32 Å². The second-order valence-electron chi connectivity index (χ2n) is 5.10. The molecule has 1 aliphatic heterocycles. The second-order valence-corrected chi connectivity index (χ2v) is 6.25. The van der Waals surface area contributed by atoms with Gasteiger partial charge in [0, 0.05) is 13.1 Å². The van der Waals surface area contributed by atoms with Gasteiger partial charge in [0.05, 0.1) is 5.60 Å². The Kier molecular flexibility index (Phi) is 5.39. The van der Waals surface area contributed by atoms with Crippen molar-refractivity contribution >= 4 is 11.8 Å². The Hall–Kier alpha value is 0.230.